The minimum atomic E-state index is 0.0639. The van der Waals surface area contributed by atoms with Crippen LogP contribution in [-0.4, -0.2) is 24.6 Å². The Morgan fingerprint density at radius 2 is 1.71 bits per heavy atom. The van der Waals surface area contributed by atoms with Gasteiger partial charge in [0.25, 0.3) is 0 Å². The molecule has 1 amide bonds. The van der Waals surface area contributed by atoms with Gasteiger partial charge in [-0.05, 0) is 74.9 Å². The van der Waals surface area contributed by atoms with E-state index in [4.69, 9.17) is 9.47 Å². The number of nitrogens with one attached hydrogen (secondary N) is 2. The highest BCUT2D eigenvalue weighted by molar-refractivity contribution is 5.92. The second-order valence-corrected chi connectivity index (χ2v) is 7.73. The number of amides is 1. The summed E-state index contributed by atoms with van der Waals surface area (Å²) in [5, 5.41) is 6.68. The predicted octanol–water partition coefficient (Wildman–Crippen LogP) is 4.74. The number of hydrogen-bond acceptors (Lipinski definition) is 4. The van der Waals surface area contributed by atoms with E-state index in [2.05, 4.69) is 10.6 Å². The van der Waals surface area contributed by atoms with E-state index in [1.807, 2.05) is 55.5 Å². The lowest BCUT2D eigenvalue weighted by molar-refractivity contribution is -0.117. The molecule has 4 rings (SSSR count). The summed E-state index contributed by atoms with van der Waals surface area (Å²) in [5.74, 6) is 2.70. The number of para-hydroxylation sites is 2. The SMILES string of the molecule is CCOc1ccc(Oc2ccccc2NC(=O)CC2CC3CCC(C2)N3)cc1. The van der Waals surface area contributed by atoms with Crippen LogP contribution in [0, 0.1) is 5.92 Å². The predicted molar refractivity (Wildman–Crippen MR) is 110 cm³/mol. The molecule has 28 heavy (non-hydrogen) atoms. The van der Waals surface area contributed by atoms with Gasteiger partial charge in [-0.1, -0.05) is 12.1 Å². The van der Waals surface area contributed by atoms with E-state index in [1.54, 1.807) is 0 Å². The molecule has 5 heteroatoms. The number of piperidine rings is 1. The molecule has 2 bridgehead atoms. The van der Waals surface area contributed by atoms with E-state index < -0.39 is 0 Å². The normalized spacial score (nSPS) is 23.2. The smallest absolute Gasteiger partial charge is 0.224 e. The molecular formula is C23H28N2O3. The summed E-state index contributed by atoms with van der Waals surface area (Å²) >= 11 is 0. The molecule has 0 spiro atoms. The molecule has 2 saturated heterocycles. The monoisotopic (exact) mass is 380 g/mol. The topological polar surface area (TPSA) is 59.6 Å². The Hall–Kier alpha value is -2.53. The van der Waals surface area contributed by atoms with Crippen molar-refractivity contribution in [1.29, 1.82) is 0 Å². The number of carbonyl (C=O) groups is 1. The highest BCUT2D eigenvalue weighted by Gasteiger charge is 2.34. The number of fused-ring (bicyclic) bond motifs is 2. The Labute approximate surface area is 166 Å². The van der Waals surface area contributed by atoms with Crippen molar-refractivity contribution in [2.24, 2.45) is 5.92 Å². The first-order valence-electron chi connectivity index (χ1n) is 10.2. The maximum absolute atomic E-state index is 12.6. The Morgan fingerprint density at radius 1 is 1.04 bits per heavy atom. The van der Waals surface area contributed by atoms with E-state index in [1.165, 1.54) is 12.8 Å². The van der Waals surface area contributed by atoms with Gasteiger partial charge >= 0.3 is 0 Å². The minimum Gasteiger partial charge on any atom is -0.494 e. The van der Waals surface area contributed by atoms with Crippen molar-refractivity contribution >= 4 is 11.6 Å². The third-order valence-corrected chi connectivity index (χ3v) is 5.57. The van der Waals surface area contributed by atoms with Crippen LogP contribution in [0.25, 0.3) is 0 Å². The van der Waals surface area contributed by atoms with Crippen LogP contribution in [0.15, 0.2) is 48.5 Å². The minimum absolute atomic E-state index is 0.0639. The second kappa shape index (κ2) is 8.65. The van der Waals surface area contributed by atoms with E-state index in [-0.39, 0.29) is 5.91 Å². The van der Waals surface area contributed by atoms with Crippen molar-refractivity contribution in [3.05, 3.63) is 48.5 Å². The van der Waals surface area contributed by atoms with Crippen LogP contribution in [0.2, 0.25) is 0 Å². The molecular weight excluding hydrogens is 352 g/mol. The van der Waals surface area contributed by atoms with Gasteiger partial charge < -0.3 is 20.1 Å². The first kappa shape index (κ1) is 18.8. The quantitative estimate of drug-likeness (QED) is 0.729. The molecule has 2 aromatic rings. The summed E-state index contributed by atoms with van der Waals surface area (Å²) < 4.78 is 11.5. The average molecular weight is 380 g/mol. The Balaban J connectivity index is 1.37. The molecule has 2 fully saturated rings. The van der Waals surface area contributed by atoms with Crippen LogP contribution in [0.1, 0.15) is 39.0 Å². The molecule has 2 aromatic carbocycles. The van der Waals surface area contributed by atoms with Crippen LogP contribution in [-0.2, 0) is 4.79 Å². The van der Waals surface area contributed by atoms with E-state index in [0.29, 0.717) is 48.2 Å². The molecule has 0 aliphatic carbocycles. The number of benzene rings is 2. The first-order valence-corrected chi connectivity index (χ1v) is 10.2. The summed E-state index contributed by atoms with van der Waals surface area (Å²) in [6.45, 7) is 2.59. The van der Waals surface area contributed by atoms with Gasteiger partial charge in [0.05, 0.1) is 12.3 Å². The Bertz CT molecular complexity index is 794. The van der Waals surface area contributed by atoms with Crippen molar-refractivity contribution in [1.82, 2.24) is 5.32 Å². The number of ether oxygens (including phenoxy) is 2. The van der Waals surface area contributed by atoms with Crippen molar-refractivity contribution < 1.29 is 14.3 Å². The number of anilines is 1. The van der Waals surface area contributed by atoms with Gasteiger partial charge in [0.2, 0.25) is 5.91 Å². The van der Waals surface area contributed by atoms with Crippen molar-refractivity contribution in [2.45, 2.75) is 51.1 Å². The molecule has 2 heterocycles. The largest absolute Gasteiger partial charge is 0.494 e. The van der Waals surface area contributed by atoms with Crippen LogP contribution in [0.4, 0.5) is 5.69 Å². The Kier molecular flexibility index (Phi) is 5.81. The third kappa shape index (κ3) is 4.65. The van der Waals surface area contributed by atoms with Gasteiger partial charge in [-0.3, -0.25) is 4.79 Å². The second-order valence-electron chi connectivity index (χ2n) is 7.73. The zero-order valence-corrected chi connectivity index (χ0v) is 16.3. The number of carbonyl (C=O) groups excluding carboxylic acids is 1. The zero-order chi connectivity index (χ0) is 19.3. The van der Waals surface area contributed by atoms with Crippen molar-refractivity contribution in [3.8, 4) is 17.2 Å². The standard InChI is InChI=1S/C23H28N2O3/c1-2-27-19-9-11-20(12-10-19)28-22-6-4-3-5-21(22)25-23(26)15-16-13-17-7-8-18(14-16)24-17/h3-6,9-12,16-18,24H,2,7-8,13-15H2,1H3,(H,25,26). The highest BCUT2D eigenvalue weighted by Crippen LogP contribution is 2.34. The summed E-state index contributed by atoms with van der Waals surface area (Å²) in [6, 6.07) is 16.3. The summed E-state index contributed by atoms with van der Waals surface area (Å²) in [6.07, 6.45) is 5.29. The molecule has 0 aromatic heterocycles. The molecule has 2 aliphatic heterocycles. The van der Waals surface area contributed by atoms with Crippen LogP contribution in [0.5, 0.6) is 17.2 Å². The van der Waals surface area contributed by atoms with E-state index in [9.17, 15) is 4.79 Å². The van der Waals surface area contributed by atoms with Crippen molar-refractivity contribution in [3.63, 3.8) is 0 Å². The molecule has 0 radical (unpaired) electrons. The maximum Gasteiger partial charge on any atom is 0.224 e. The van der Waals surface area contributed by atoms with Crippen LogP contribution >= 0.6 is 0 Å². The molecule has 2 atom stereocenters. The lowest BCUT2D eigenvalue weighted by Gasteiger charge is -2.28. The van der Waals surface area contributed by atoms with Gasteiger partial charge in [0.15, 0.2) is 5.75 Å². The highest BCUT2D eigenvalue weighted by atomic mass is 16.5. The summed E-state index contributed by atoms with van der Waals surface area (Å²) in [4.78, 5) is 12.6. The molecule has 5 nitrogen and oxygen atoms in total. The molecule has 2 aliphatic rings. The Morgan fingerprint density at radius 3 is 2.43 bits per heavy atom. The van der Waals surface area contributed by atoms with Gasteiger partial charge in [0.1, 0.15) is 11.5 Å². The van der Waals surface area contributed by atoms with Crippen LogP contribution < -0.4 is 20.1 Å². The fourth-order valence-electron chi connectivity index (χ4n) is 4.36. The molecule has 2 N–H and O–H groups in total. The van der Waals surface area contributed by atoms with Gasteiger partial charge in [0, 0.05) is 18.5 Å². The fraction of sp³-hybridized carbons (Fsp3) is 0.435. The van der Waals surface area contributed by atoms with Gasteiger partial charge in [-0.25, -0.2) is 0 Å². The van der Waals surface area contributed by atoms with E-state index in [0.717, 1.165) is 18.6 Å². The average Bonchev–Trinajstić information content (AvgIpc) is 3.03. The lowest BCUT2D eigenvalue weighted by atomic mass is 9.89. The number of rotatable bonds is 7. The van der Waals surface area contributed by atoms with Gasteiger partial charge in [-0.15, -0.1) is 0 Å². The van der Waals surface area contributed by atoms with Crippen molar-refractivity contribution in [2.75, 3.05) is 11.9 Å². The van der Waals surface area contributed by atoms with Crippen LogP contribution in [0.3, 0.4) is 0 Å². The third-order valence-electron chi connectivity index (χ3n) is 5.57. The maximum atomic E-state index is 12.6. The molecule has 148 valence electrons. The fourth-order valence-corrected chi connectivity index (χ4v) is 4.36. The molecule has 2 unspecified atom stereocenters. The number of hydrogen-bond donors (Lipinski definition) is 2. The summed E-state index contributed by atoms with van der Waals surface area (Å²) in [5.41, 5.74) is 0.707. The van der Waals surface area contributed by atoms with Gasteiger partial charge in [-0.2, -0.15) is 0 Å². The summed E-state index contributed by atoms with van der Waals surface area (Å²) in [7, 11) is 0. The van der Waals surface area contributed by atoms with E-state index >= 15 is 0 Å². The first-order chi connectivity index (χ1) is 13.7. The lowest BCUT2D eigenvalue weighted by Crippen LogP contribution is -2.39. The zero-order valence-electron chi connectivity index (χ0n) is 16.3. The molecule has 0 saturated carbocycles.